The fraction of sp³-hybridized carbons (Fsp3) is 0.381. The third kappa shape index (κ3) is 4.89. The van der Waals surface area contributed by atoms with Crippen molar-refractivity contribution < 1.29 is 8.81 Å². The summed E-state index contributed by atoms with van der Waals surface area (Å²) >= 11 is 0. The molecule has 0 spiro atoms. The molecular weight excluding hydrogens is 371 g/mol. The number of aryl methyl sites for hydroxylation is 1. The van der Waals surface area contributed by atoms with Gasteiger partial charge >= 0.3 is 6.01 Å². The molecule has 4 rings (SSSR count). The quantitative estimate of drug-likeness (QED) is 0.619. The zero-order valence-electron chi connectivity index (χ0n) is 16.5. The zero-order valence-corrected chi connectivity index (χ0v) is 16.5. The minimum atomic E-state index is -0.328. The Morgan fingerprint density at radius 1 is 1.10 bits per heavy atom. The average molecular weight is 396 g/mol. The number of pyridine rings is 1. The van der Waals surface area contributed by atoms with Crippen LogP contribution < -0.4 is 10.6 Å². The Labute approximate surface area is 169 Å². The number of benzene rings is 1. The molecule has 0 aliphatic carbocycles. The lowest BCUT2D eigenvalue weighted by molar-refractivity contribution is 0.236. The highest BCUT2D eigenvalue weighted by molar-refractivity contribution is 5.76. The van der Waals surface area contributed by atoms with E-state index in [0.717, 1.165) is 31.7 Å². The van der Waals surface area contributed by atoms with E-state index in [-0.39, 0.29) is 5.82 Å². The van der Waals surface area contributed by atoms with Crippen LogP contribution in [0.25, 0.3) is 11.5 Å². The number of aromatic nitrogens is 3. The lowest BCUT2D eigenvalue weighted by Gasteiger charge is -2.26. The van der Waals surface area contributed by atoms with Crippen LogP contribution in [0.2, 0.25) is 0 Å². The average Bonchev–Trinajstić information content (AvgIpc) is 3.20. The normalized spacial score (nSPS) is 14.7. The lowest BCUT2D eigenvalue weighted by atomic mass is 10.1. The fourth-order valence-corrected chi connectivity index (χ4v) is 3.45. The van der Waals surface area contributed by atoms with Crippen LogP contribution >= 0.6 is 0 Å². The molecule has 0 radical (unpaired) electrons. The van der Waals surface area contributed by atoms with Crippen molar-refractivity contribution in [2.24, 2.45) is 0 Å². The number of nitrogens with zero attached hydrogens (tertiary/aromatic N) is 4. The summed E-state index contributed by atoms with van der Waals surface area (Å²) in [7, 11) is 0. The fourth-order valence-electron chi connectivity index (χ4n) is 3.45. The summed E-state index contributed by atoms with van der Waals surface area (Å²) in [4.78, 5) is 6.57. The number of piperidine rings is 1. The number of rotatable bonds is 7. The van der Waals surface area contributed by atoms with Gasteiger partial charge in [-0.05, 0) is 56.6 Å². The Kier molecular flexibility index (Phi) is 6.00. The molecule has 7 nitrogen and oxygen atoms in total. The van der Waals surface area contributed by atoms with Crippen LogP contribution in [0.1, 0.15) is 24.8 Å². The molecule has 1 fully saturated rings. The third-order valence-corrected chi connectivity index (χ3v) is 5.02. The van der Waals surface area contributed by atoms with Crippen molar-refractivity contribution >= 4 is 17.4 Å². The van der Waals surface area contributed by atoms with Crippen LogP contribution in [0, 0.1) is 12.7 Å². The van der Waals surface area contributed by atoms with Gasteiger partial charge in [-0.1, -0.05) is 17.6 Å². The molecule has 2 N–H and O–H groups in total. The highest BCUT2D eigenvalue weighted by Crippen LogP contribution is 2.30. The van der Waals surface area contributed by atoms with E-state index in [0.29, 0.717) is 28.8 Å². The second-order valence-corrected chi connectivity index (χ2v) is 7.27. The van der Waals surface area contributed by atoms with Crippen molar-refractivity contribution in [2.45, 2.75) is 26.2 Å². The van der Waals surface area contributed by atoms with Crippen molar-refractivity contribution in [3.63, 3.8) is 0 Å². The first-order valence-corrected chi connectivity index (χ1v) is 9.96. The highest BCUT2D eigenvalue weighted by Gasteiger charge is 2.15. The molecule has 0 saturated carbocycles. The van der Waals surface area contributed by atoms with Gasteiger partial charge in [0.15, 0.2) is 0 Å². The van der Waals surface area contributed by atoms with Crippen molar-refractivity contribution in [2.75, 3.05) is 36.8 Å². The summed E-state index contributed by atoms with van der Waals surface area (Å²) < 4.78 is 20.0. The second kappa shape index (κ2) is 9.00. The maximum atomic E-state index is 14.2. The third-order valence-electron chi connectivity index (χ3n) is 5.02. The Bertz CT molecular complexity index is 954. The van der Waals surface area contributed by atoms with Crippen molar-refractivity contribution in [3.8, 4) is 11.5 Å². The van der Waals surface area contributed by atoms with Crippen molar-refractivity contribution in [1.29, 1.82) is 0 Å². The van der Waals surface area contributed by atoms with Gasteiger partial charge in [-0.15, -0.1) is 5.10 Å². The highest BCUT2D eigenvalue weighted by atomic mass is 19.1. The van der Waals surface area contributed by atoms with Gasteiger partial charge < -0.3 is 20.0 Å². The molecule has 1 aliphatic rings. The number of likely N-dealkylation sites (tertiary alicyclic amines) is 1. The number of nitrogens with one attached hydrogen (secondary N) is 2. The van der Waals surface area contributed by atoms with Crippen LogP contribution in [-0.2, 0) is 0 Å². The van der Waals surface area contributed by atoms with Gasteiger partial charge in [-0.3, -0.25) is 4.98 Å². The number of hydrogen-bond acceptors (Lipinski definition) is 7. The van der Waals surface area contributed by atoms with Gasteiger partial charge in [-0.2, -0.15) is 0 Å². The molecule has 2 aromatic heterocycles. The molecule has 3 aromatic rings. The molecule has 1 aliphatic heterocycles. The van der Waals surface area contributed by atoms with E-state index in [1.165, 1.54) is 25.3 Å². The van der Waals surface area contributed by atoms with Crippen molar-refractivity contribution in [1.82, 2.24) is 20.1 Å². The van der Waals surface area contributed by atoms with E-state index in [9.17, 15) is 4.39 Å². The maximum absolute atomic E-state index is 14.2. The maximum Gasteiger partial charge on any atom is 0.315 e. The Balaban J connectivity index is 1.43. The number of halogens is 1. The van der Waals surface area contributed by atoms with Crippen LogP contribution in [0.5, 0.6) is 0 Å². The molecular formula is C21H25FN6O. The Morgan fingerprint density at radius 3 is 2.79 bits per heavy atom. The Morgan fingerprint density at radius 2 is 1.97 bits per heavy atom. The summed E-state index contributed by atoms with van der Waals surface area (Å²) in [5.41, 5.74) is 2.48. The standard InChI is InChI=1S/C21H25FN6O/c1-15-5-6-18(17(22)13-15)25-19-14-23-8-7-16(19)20-26-27-21(29-20)24-9-12-28-10-3-2-4-11-28/h5-8,13-14,25H,2-4,9-12H2,1H3,(H,24,27). The van der Waals surface area contributed by atoms with Gasteiger partial charge in [-0.25, -0.2) is 4.39 Å². The van der Waals surface area contributed by atoms with E-state index >= 15 is 0 Å². The number of anilines is 3. The summed E-state index contributed by atoms with van der Waals surface area (Å²) in [6, 6.07) is 7.16. The van der Waals surface area contributed by atoms with Crippen LogP contribution in [0.4, 0.5) is 21.8 Å². The first kappa shape index (κ1) is 19.3. The van der Waals surface area contributed by atoms with E-state index in [1.807, 2.05) is 13.0 Å². The molecule has 0 amide bonds. The molecule has 0 bridgehead atoms. The first-order chi connectivity index (χ1) is 14.2. The number of hydrogen-bond donors (Lipinski definition) is 2. The Hall–Kier alpha value is -3.00. The topological polar surface area (TPSA) is 79.1 Å². The van der Waals surface area contributed by atoms with E-state index in [4.69, 9.17) is 4.42 Å². The predicted octanol–water partition coefficient (Wildman–Crippen LogP) is 4.22. The molecule has 1 saturated heterocycles. The predicted molar refractivity (Wildman–Crippen MR) is 111 cm³/mol. The molecule has 0 unspecified atom stereocenters. The van der Waals surface area contributed by atoms with E-state index in [1.54, 1.807) is 24.5 Å². The van der Waals surface area contributed by atoms with E-state index in [2.05, 4.69) is 30.7 Å². The molecule has 1 aromatic carbocycles. The first-order valence-electron chi connectivity index (χ1n) is 9.96. The van der Waals surface area contributed by atoms with E-state index < -0.39 is 0 Å². The van der Waals surface area contributed by atoms with Gasteiger partial charge in [0.05, 0.1) is 23.1 Å². The molecule has 3 heterocycles. The largest absolute Gasteiger partial charge is 0.403 e. The van der Waals surface area contributed by atoms with Crippen LogP contribution in [0.3, 0.4) is 0 Å². The van der Waals surface area contributed by atoms with Gasteiger partial charge in [0.25, 0.3) is 5.89 Å². The van der Waals surface area contributed by atoms with Gasteiger partial charge in [0.1, 0.15) is 5.82 Å². The molecule has 152 valence electrons. The summed E-state index contributed by atoms with van der Waals surface area (Å²) in [6.45, 7) is 5.85. The smallest absolute Gasteiger partial charge is 0.315 e. The second-order valence-electron chi connectivity index (χ2n) is 7.27. The molecule has 0 atom stereocenters. The van der Waals surface area contributed by atoms with Crippen LogP contribution in [-0.4, -0.2) is 46.3 Å². The van der Waals surface area contributed by atoms with Crippen LogP contribution in [0.15, 0.2) is 41.1 Å². The lowest BCUT2D eigenvalue weighted by Crippen LogP contribution is -2.33. The SMILES string of the molecule is Cc1ccc(Nc2cnccc2-c2nnc(NCCN3CCCCC3)o2)c(F)c1. The molecule has 8 heteroatoms. The summed E-state index contributed by atoms with van der Waals surface area (Å²) in [6.07, 6.45) is 7.11. The monoisotopic (exact) mass is 396 g/mol. The van der Waals surface area contributed by atoms with Gasteiger partial charge in [0.2, 0.25) is 0 Å². The minimum Gasteiger partial charge on any atom is -0.403 e. The van der Waals surface area contributed by atoms with Crippen molar-refractivity contribution in [3.05, 3.63) is 48.0 Å². The molecule has 29 heavy (non-hydrogen) atoms. The minimum absolute atomic E-state index is 0.328. The summed E-state index contributed by atoms with van der Waals surface area (Å²) in [5, 5.41) is 14.5. The summed E-state index contributed by atoms with van der Waals surface area (Å²) in [5.74, 6) is 0.0216. The van der Waals surface area contributed by atoms with Gasteiger partial charge in [0, 0.05) is 19.3 Å². The zero-order chi connectivity index (χ0) is 20.1.